The number of aromatic carboxylic acids is 1. The third-order valence-corrected chi connectivity index (χ3v) is 1.94. The quantitative estimate of drug-likeness (QED) is 0.577. The van der Waals surface area contributed by atoms with E-state index in [0.29, 0.717) is 6.07 Å². The van der Waals surface area contributed by atoms with Gasteiger partial charge in [-0.1, -0.05) is 0 Å². The van der Waals surface area contributed by atoms with Gasteiger partial charge in [0.2, 0.25) is 0 Å². The number of rotatable bonds is 3. The van der Waals surface area contributed by atoms with Crippen LogP contribution in [0.3, 0.4) is 0 Å². The zero-order valence-electron chi connectivity index (χ0n) is 7.64. The average Bonchev–Trinajstić information content (AvgIpc) is 2.16. The Morgan fingerprint density at radius 3 is 2.60 bits per heavy atom. The smallest absolute Gasteiger partial charge is 0.338 e. The predicted octanol–water partition coefficient (Wildman–Crippen LogP) is 0.222. The Bertz CT molecular complexity index is 394. The van der Waals surface area contributed by atoms with Crippen LogP contribution in [0.5, 0.6) is 5.75 Å². The van der Waals surface area contributed by atoms with Gasteiger partial charge >= 0.3 is 5.97 Å². The van der Waals surface area contributed by atoms with Gasteiger partial charge in [-0.15, -0.1) is 0 Å². The number of hydrogen-bond donors (Lipinski definition) is 4. The number of aromatic hydroxyl groups is 1. The Hall–Kier alpha value is -1.66. The number of carboxylic acids is 1. The minimum absolute atomic E-state index is 0.00343. The summed E-state index contributed by atoms with van der Waals surface area (Å²) in [7, 11) is 0. The van der Waals surface area contributed by atoms with Crippen LogP contribution in [0.25, 0.3) is 0 Å². The Kier molecular flexibility index (Phi) is 3.23. The first-order valence-corrected chi connectivity index (χ1v) is 4.09. The standard InChI is InChI=1S/C9H10FNO4/c10-6-2-8(13)5(7(11)3-12)1-4(6)9(14)15/h1-2,7,12-13H,3,11H2,(H,14,15)/t7-/m0/s1. The van der Waals surface area contributed by atoms with Crippen LogP contribution in [-0.4, -0.2) is 27.9 Å². The first-order valence-electron chi connectivity index (χ1n) is 4.09. The number of phenolic OH excluding ortho intramolecular Hbond substituents is 1. The first-order chi connectivity index (χ1) is 6.97. The molecule has 1 rings (SSSR count). The molecule has 0 aromatic heterocycles. The van der Waals surface area contributed by atoms with E-state index in [-0.39, 0.29) is 5.56 Å². The Labute approximate surface area is 84.6 Å². The second-order valence-corrected chi connectivity index (χ2v) is 2.99. The molecule has 82 valence electrons. The third kappa shape index (κ3) is 2.23. The molecule has 0 unspecified atom stereocenters. The van der Waals surface area contributed by atoms with Crippen molar-refractivity contribution in [1.82, 2.24) is 0 Å². The fraction of sp³-hybridized carbons (Fsp3) is 0.222. The van der Waals surface area contributed by atoms with Crippen molar-refractivity contribution in [2.45, 2.75) is 6.04 Å². The van der Waals surface area contributed by atoms with E-state index < -0.39 is 35.7 Å². The molecule has 1 aromatic carbocycles. The number of halogens is 1. The summed E-state index contributed by atoms with van der Waals surface area (Å²) in [6.07, 6.45) is 0. The topological polar surface area (TPSA) is 104 Å². The molecule has 0 fully saturated rings. The molecule has 1 atom stereocenters. The highest BCUT2D eigenvalue weighted by molar-refractivity contribution is 5.88. The number of aliphatic hydroxyl groups excluding tert-OH is 1. The van der Waals surface area contributed by atoms with Crippen LogP contribution < -0.4 is 5.73 Å². The molecular weight excluding hydrogens is 205 g/mol. The van der Waals surface area contributed by atoms with Crippen molar-refractivity contribution < 1.29 is 24.5 Å². The van der Waals surface area contributed by atoms with Gasteiger partial charge in [-0.3, -0.25) is 0 Å². The molecule has 0 spiro atoms. The minimum atomic E-state index is -1.46. The van der Waals surface area contributed by atoms with Gasteiger partial charge in [-0.25, -0.2) is 9.18 Å². The Balaban J connectivity index is 3.29. The molecule has 0 heterocycles. The monoisotopic (exact) mass is 215 g/mol. The molecule has 0 aliphatic carbocycles. The summed E-state index contributed by atoms with van der Waals surface area (Å²) in [4.78, 5) is 10.6. The van der Waals surface area contributed by atoms with Crippen LogP contribution in [0.1, 0.15) is 22.0 Å². The number of phenols is 1. The number of benzene rings is 1. The second-order valence-electron chi connectivity index (χ2n) is 2.99. The van der Waals surface area contributed by atoms with E-state index in [1.54, 1.807) is 0 Å². The van der Waals surface area contributed by atoms with Crippen LogP contribution >= 0.6 is 0 Å². The number of nitrogens with two attached hydrogens (primary N) is 1. The van der Waals surface area contributed by atoms with E-state index in [0.717, 1.165) is 6.07 Å². The highest BCUT2D eigenvalue weighted by Gasteiger charge is 2.17. The highest BCUT2D eigenvalue weighted by Crippen LogP contribution is 2.26. The molecule has 0 aliphatic heterocycles. The summed E-state index contributed by atoms with van der Waals surface area (Å²) < 4.78 is 13.0. The molecule has 1 aromatic rings. The van der Waals surface area contributed by atoms with Crippen LogP contribution in [0, 0.1) is 5.82 Å². The lowest BCUT2D eigenvalue weighted by molar-refractivity contribution is 0.0691. The van der Waals surface area contributed by atoms with Gasteiger partial charge < -0.3 is 21.1 Å². The predicted molar refractivity (Wildman–Crippen MR) is 49.0 cm³/mol. The van der Waals surface area contributed by atoms with E-state index >= 15 is 0 Å². The van der Waals surface area contributed by atoms with Gasteiger partial charge in [0, 0.05) is 11.6 Å². The fourth-order valence-corrected chi connectivity index (χ4v) is 1.14. The molecule has 0 saturated carbocycles. The summed E-state index contributed by atoms with van der Waals surface area (Å²) in [5.74, 6) is -2.98. The van der Waals surface area contributed by atoms with Crippen molar-refractivity contribution in [3.8, 4) is 5.75 Å². The van der Waals surface area contributed by atoms with Crippen molar-refractivity contribution in [2.24, 2.45) is 5.73 Å². The van der Waals surface area contributed by atoms with Crippen LogP contribution in [0.2, 0.25) is 0 Å². The maximum absolute atomic E-state index is 13.0. The molecule has 15 heavy (non-hydrogen) atoms. The minimum Gasteiger partial charge on any atom is -0.507 e. The summed E-state index contributed by atoms with van der Waals surface area (Å²) in [6.45, 7) is -0.474. The molecule has 0 radical (unpaired) electrons. The summed E-state index contributed by atoms with van der Waals surface area (Å²) in [5.41, 5.74) is 4.79. The van der Waals surface area contributed by atoms with Gasteiger partial charge in [-0.05, 0) is 6.07 Å². The lowest BCUT2D eigenvalue weighted by Gasteiger charge is -2.11. The molecular formula is C9H10FNO4. The van der Waals surface area contributed by atoms with E-state index in [1.165, 1.54) is 0 Å². The molecule has 0 aliphatic rings. The normalized spacial score (nSPS) is 12.5. The zero-order valence-corrected chi connectivity index (χ0v) is 7.64. The molecule has 6 heteroatoms. The van der Waals surface area contributed by atoms with Gasteiger partial charge in [0.15, 0.2) is 0 Å². The van der Waals surface area contributed by atoms with Crippen LogP contribution in [-0.2, 0) is 0 Å². The van der Waals surface area contributed by atoms with E-state index in [1.807, 2.05) is 0 Å². The lowest BCUT2D eigenvalue weighted by Crippen LogP contribution is -2.16. The van der Waals surface area contributed by atoms with Crippen molar-refractivity contribution in [3.63, 3.8) is 0 Å². The summed E-state index contributed by atoms with van der Waals surface area (Å²) in [5, 5.41) is 26.6. The molecule has 5 N–H and O–H groups in total. The number of carbonyl (C=O) groups is 1. The SMILES string of the molecule is N[C@@H](CO)c1cc(C(=O)O)c(F)cc1O. The van der Waals surface area contributed by atoms with E-state index in [2.05, 4.69) is 0 Å². The van der Waals surface area contributed by atoms with Crippen molar-refractivity contribution >= 4 is 5.97 Å². The number of hydrogen-bond acceptors (Lipinski definition) is 4. The average molecular weight is 215 g/mol. The van der Waals surface area contributed by atoms with Gasteiger partial charge in [0.05, 0.1) is 18.2 Å². The van der Waals surface area contributed by atoms with Crippen molar-refractivity contribution in [3.05, 3.63) is 29.1 Å². The third-order valence-electron chi connectivity index (χ3n) is 1.94. The number of carboxylic acid groups (broad SMARTS) is 1. The van der Waals surface area contributed by atoms with Gasteiger partial charge in [0.1, 0.15) is 11.6 Å². The summed E-state index contributed by atoms with van der Waals surface area (Å²) in [6, 6.07) is 0.631. The lowest BCUT2D eigenvalue weighted by atomic mass is 10.0. The van der Waals surface area contributed by atoms with Crippen molar-refractivity contribution in [2.75, 3.05) is 6.61 Å². The fourth-order valence-electron chi connectivity index (χ4n) is 1.14. The maximum atomic E-state index is 13.0. The maximum Gasteiger partial charge on any atom is 0.338 e. The van der Waals surface area contributed by atoms with Crippen LogP contribution in [0.4, 0.5) is 4.39 Å². The molecule has 5 nitrogen and oxygen atoms in total. The Morgan fingerprint density at radius 1 is 1.53 bits per heavy atom. The van der Waals surface area contributed by atoms with Crippen molar-refractivity contribution in [1.29, 1.82) is 0 Å². The second kappa shape index (κ2) is 4.24. The van der Waals surface area contributed by atoms with E-state index in [4.69, 9.17) is 15.9 Å². The molecule has 0 amide bonds. The Morgan fingerprint density at radius 2 is 2.13 bits per heavy atom. The largest absolute Gasteiger partial charge is 0.507 e. The van der Waals surface area contributed by atoms with Gasteiger partial charge in [-0.2, -0.15) is 0 Å². The zero-order chi connectivity index (χ0) is 11.6. The number of aliphatic hydroxyl groups is 1. The molecule has 0 bridgehead atoms. The summed E-state index contributed by atoms with van der Waals surface area (Å²) >= 11 is 0. The molecule has 0 saturated heterocycles. The first kappa shape index (κ1) is 11.4. The highest BCUT2D eigenvalue weighted by atomic mass is 19.1. The van der Waals surface area contributed by atoms with Crippen LogP contribution in [0.15, 0.2) is 12.1 Å². The van der Waals surface area contributed by atoms with E-state index in [9.17, 15) is 14.3 Å². The van der Waals surface area contributed by atoms with Gasteiger partial charge in [0.25, 0.3) is 0 Å².